The van der Waals surface area contributed by atoms with Crippen LogP contribution in [0.25, 0.3) is 0 Å². The van der Waals surface area contributed by atoms with Gasteiger partial charge in [-0.25, -0.2) is 10.1 Å². The van der Waals surface area contributed by atoms with Gasteiger partial charge in [-0.05, 0) is 36.8 Å². The Kier molecular flexibility index (Phi) is 10.3. The van der Waals surface area contributed by atoms with Crippen LogP contribution in [0, 0.1) is 0 Å². The van der Waals surface area contributed by atoms with Crippen LogP contribution in [0.3, 0.4) is 0 Å². The Labute approximate surface area is 165 Å². The maximum atomic E-state index is 12.0. The van der Waals surface area contributed by atoms with Crippen LogP contribution >= 0.6 is 8.25 Å². The summed E-state index contributed by atoms with van der Waals surface area (Å²) in [4.78, 5) is 32.8. The van der Waals surface area contributed by atoms with Crippen LogP contribution in [0.4, 0.5) is 0 Å². The number of amides is 1. The molecule has 1 unspecified atom stereocenters. The summed E-state index contributed by atoms with van der Waals surface area (Å²) in [5, 5.41) is 9.50. The third-order valence-electron chi connectivity index (χ3n) is 3.80. The third kappa shape index (κ3) is 9.90. The molecule has 1 aliphatic rings. The molecule has 0 saturated heterocycles. The lowest BCUT2D eigenvalue weighted by molar-refractivity contribution is -0.244. The van der Waals surface area contributed by atoms with Gasteiger partial charge >= 0.3 is 14.2 Å². The molecule has 0 heterocycles. The molecule has 1 rings (SSSR count). The van der Waals surface area contributed by atoms with E-state index in [2.05, 4.69) is 9.99 Å². The van der Waals surface area contributed by atoms with Gasteiger partial charge in [-0.3, -0.25) is 4.79 Å². The van der Waals surface area contributed by atoms with Gasteiger partial charge in [0.1, 0.15) is 0 Å². The molecule has 10 nitrogen and oxygen atoms in total. The summed E-state index contributed by atoms with van der Waals surface area (Å²) in [7, 11) is -3.04. The molecule has 158 valence electrons. The zero-order chi connectivity index (χ0) is 23.5. The quantitative estimate of drug-likeness (QED) is 0.228. The van der Waals surface area contributed by atoms with Crippen LogP contribution in [0.5, 0.6) is 0 Å². The highest BCUT2D eigenvalue weighted by atomic mass is 31.1. The minimum Gasteiger partial charge on any atom is -0.565 e. The summed E-state index contributed by atoms with van der Waals surface area (Å²) in [6, 6.07) is -1.39. The average molecular weight is 413 g/mol. The molecule has 0 bridgehead atoms. The van der Waals surface area contributed by atoms with Crippen molar-refractivity contribution in [1.29, 1.82) is 0 Å². The monoisotopic (exact) mass is 413 g/mol. The fourth-order valence-electron chi connectivity index (χ4n) is 2.54. The number of nitrogens with one attached hydrogen (secondary N) is 1. The Hall–Kier alpha value is -1.42. The fraction of sp³-hybridized carbons (Fsp3) is 0.750. The maximum absolute atomic E-state index is 12.0. The van der Waals surface area contributed by atoms with Crippen molar-refractivity contribution in [2.45, 2.75) is 71.2 Å². The first-order chi connectivity index (χ1) is 13.9. The second-order valence-corrected chi connectivity index (χ2v) is 6.23. The number of ether oxygens (including phenoxy) is 2. The molecule has 0 aromatic heterocycles. The molecule has 0 fully saturated rings. The van der Waals surface area contributed by atoms with Gasteiger partial charge in [0.2, 0.25) is 5.91 Å². The van der Waals surface area contributed by atoms with Crippen LogP contribution < -0.4 is 15.9 Å². The Balaban J connectivity index is 0. The van der Waals surface area contributed by atoms with E-state index in [-0.39, 0.29) is 20.6 Å². The molecule has 0 aromatic rings. The van der Waals surface area contributed by atoms with Crippen molar-refractivity contribution in [3.8, 4) is 0 Å². The van der Waals surface area contributed by atoms with Crippen molar-refractivity contribution in [2.75, 3.05) is 6.61 Å². The van der Waals surface area contributed by atoms with E-state index in [0.29, 0.717) is 5.57 Å². The van der Waals surface area contributed by atoms with E-state index >= 15 is 0 Å². The van der Waals surface area contributed by atoms with Crippen molar-refractivity contribution in [2.24, 2.45) is 5.73 Å². The zero-order valence-electron chi connectivity index (χ0n) is 18.5. The second kappa shape index (κ2) is 13.7. The van der Waals surface area contributed by atoms with E-state index < -0.39 is 45.2 Å². The van der Waals surface area contributed by atoms with E-state index in [4.69, 9.17) is 34.0 Å². The van der Waals surface area contributed by atoms with Crippen LogP contribution in [-0.4, -0.2) is 48.0 Å². The maximum Gasteiger partial charge on any atom is 0.521 e. The molecule has 0 aliphatic heterocycles. The highest BCUT2D eigenvalue weighted by Crippen LogP contribution is 2.24. The van der Waals surface area contributed by atoms with E-state index in [1.165, 1.54) is 0 Å². The van der Waals surface area contributed by atoms with Crippen LogP contribution in [0.2, 0.25) is 0 Å². The van der Waals surface area contributed by atoms with E-state index in [9.17, 15) is 9.59 Å². The summed E-state index contributed by atoms with van der Waals surface area (Å²) >= 11 is 0. The minimum absolute atomic E-state index is 0. The number of hydrogen-bond donors (Lipinski definition) is 3. The molecule has 27 heavy (non-hydrogen) atoms. The zero-order valence-corrected chi connectivity index (χ0v) is 16.4. The van der Waals surface area contributed by atoms with Crippen molar-refractivity contribution >= 4 is 20.1 Å². The minimum atomic E-state index is -3.04. The third-order valence-corrected chi connectivity index (χ3v) is 3.93. The normalized spacial score (nSPS) is 24.4. The Bertz CT molecular complexity index is 617. The number of esters is 1. The largest absolute Gasteiger partial charge is 0.565 e. The molecule has 11 heteroatoms. The van der Waals surface area contributed by atoms with Gasteiger partial charge in [-0.2, -0.15) is 0 Å². The summed E-state index contributed by atoms with van der Waals surface area (Å²) in [6.45, 7) is 3.09. The smallest absolute Gasteiger partial charge is 0.521 e. The van der Waals surface area contributed by atoms with Gasteiger partial charge in [-0.1, -0.05) is 13.8 Å². The number of nitrogens with two attached hydrogens (primary N) is 1. The van der Waals surface area contributed by atoms with Gasteiger partial charge in [0.25, 0.3) is 0 Å². The van der Waals surface area contributed by atoms with Crippen LogP contribution in [0.15, 0.2) is 11.6 Å². The second-order valence-electron chi connectivity index (χ2n) is 5.62. The topological polar surface area (TPSA) is 160 Å². The van der Waals surface area contributed by atoms with Crippen molar-refractivity contribution in [1.82, 2.24) is 5.32 Å². The summed E-state index contributed by atoms with van der Waals surface area (Å²) in [5.41, 5.74) is 6.50. The molecule has 1 aliphatic carbocycles. The molecule has 4 atom stereocenters. The first-order valence-corrected chi connectivity index (χ1v) is 9.56. The Morgan fingerprint density at radius 3 is 2.56 bits per heavy atom. The molecule has 0 aromatic carbocycles. The highest BCUT2D eigenvalue weighted by molar-refractivity contribution is 7.30. The van der Waals surface area contributed by atoms with Gasteiger partial charge < -0.3 is 25.4 Å². The van der Waals surface area contributed by atoms with E-state index in [1.54, 1.807) is 13.0 Å². The molecular weight excluding hydrogens is 379 g/mol. The lowest BCUT2D eigenvalue weighted by Gasteiger charge is -2.36. The Morgan fingerprint density at radius 1 is 1.52 bits per heavy atom. The van der Waals surface area contributed by atoms with Gasteiger partial charge in [0, 0.05) is 28.7 Å². The number of rotatable bonds is 8. The molecule has 0 spiro atoms. The standard InChI is InChI=1S/C16H28N2O4.HO4P.H2/c1-5-12(6-2)22-14-9-11(16(20)21-7-3)8-13(17)15(14)18-10(4)19;1-4-5(2)3;/h9,12-15H,5-8,17H2,1-4H3,(H,18,19);1H;1H/t13-,14+,15-;;/m1../s1/i4D3;;. The SMILES string of the molecule is O=[P+]([O-])OO.[2H]C([2H])([2H])C(=O)N[C@@H]1[C@H](N)CC(C(=O)OCC)=C[C@@H]1OC(CC)CC.[HH]. The molecular formula is C16H31N2O8P. The summed E-state index contributed by atoms with van der Waals surface area (Å²) in [6.07, 6.45) is 2.45. The molecule has 4 N–H and O–H groups in total. The lowest BCUT2D eigenvalue weighted by Crippen LogP contribution is -2.57. The summed E-state index contributed by atoms with van der Waals surface area (Å²) < 4.78 is 44.3. The summed E-state index contributed by atoms with van der Waals surface area (Å²) in [5.74, 6) is -1.56. The van der Waals surface area contributed by atoms with Gasteiger partial charge in [0.15, 0.2) is 0 Å². The predicted molar refractivity (Wildman–Crippen MR) is 97.6 cm³/mol. The number of hydrogen-bond acceptors (Lipinski definition) is 9. The van der Waals surface area contributed by atoms with Gasteiger partial charge in [-0.15, -0.1) is 0 Å². The van der Waals surface area contributed by atoms with Crippen LogP contribution in [0.1, 0.15) is 52.4 Å². The van der Waals surface area contributed by atoms with Crippen LogP contribution in [-0.2, 0) is 28.3 Å². The van der Waals surface area contributed by atoms with E-state index in [0.717, 1.165) is 12.8 Å². The van der Waals surface area contributed by atoms with Crippen molar-refractivity contribution in [3.63, 3.8) is 0 Å². The molecule has 0 radical (unpaired) electrons. The lowest BCUT2D eigenvalue weighted by atomic mass is 9.88. The van der Waals surface area contributed by atoms with Crippen molar-refractivity contribution in [3.05, 3.63) is 11.6 Å². The fourth-order valence-corrected chi connectivity index (χ4v) is 2.54. The molecule has 1 amide bonds. The van der Waals surface area contributed by atoms with E-state index in [1.807, 2.05) is 13.8 Å². The first-order valence-electron chi connectivity index (χ1n) is 9.96. The molecule has 0 saturated carbocycles. The predicted octanol–water partition coefficient (Wildman–Crippen LogP) is 1.03. The highest BCUT2D eigenvalue weighted by Gasteiger charge is 2.35. The number of carbonyl (C=O) groups is 2. The first kappa shape index (κ1) is 20.3. The number of carbonyl (C=O) groups excluding carboxylic acids is 2. The average Bonchev–Trinajstić information content (AvgIpc) is 2.67. The Morgan fingerprint density at radius 2 is 2.11 bits per heavy atom. The van der Waals surface area contributed by atoms with Crippen molar-refractivity contribution < 1.29 is 44.0 Å². The van der Waals surface area contributed by atoms with Gasteiger partial charge in [0.05, 0.1) is 24.9 Å².